The molecule has 0 aromatic heterocycles. The number of carbonyl (C=O) groups excluding carboxylic acids is 5. The summed E-state index contributed by atoms with van der Waals surface area (Å²) in [5.41, 5.74) is 1.70. The summed E-state index contributed by atoms with van der Waals surface area (Å²) in [5.74, 6) is 4.86. The molecule has 3 N–H and O–H groups in total. The van der Waals surface area contributed by atoms with E-state index in [9.17, 15) is 29.1 Å². The summed E-state index contributed by atoms with van der Waals surface area (Å²) in [6.07, 6.45) is 7.26. The van der Waals surface area contributed by atoms with Crippen molar-refractivity contribution in [2.24, 2.45) is 28.6 Å². The van der Waals surface area contributed by atoms with Crippen molar-refractivity contribution in [2.75, 3.05) is 24.8 Å². The van der Waals surface area contributed by atoms with Crippen molar-refractivity contribution in [3.8, 4) is 11.8 Å². The first-order valence-electron chi connectivity index (χ1n) is 21.0. The molecule has 2 aliphatic heterocycles. The van der Waals surface area contributed by atoms with Gasteiger partial charge in [0.2, 0.25) is 17.7 Å². The van der Waals surface area contributed by atoms with Crippen molar-refractivity contribution in [3.05, 3.63) is 89.0 Å². The lowest BCUT2D eigenvalue weighted by Crippen LogP contribution is -2.63. The molecule has 2 aromatic rings. The maximum atomic E-state index is 14.4. The van der Waals surface area contributed by atoms with Crippen molar-refractivity contribution >= 4 is 35.0 Å². The van der Waals surface area contributed by atoms with Crippen molar-refractivity contribution < 1.29 is 43.3 Å². The van der Waals surface area contributed by atoms with E-state index in [0.29, 0.717) is 31.5 Å². The molecule has 0 bridgehead atoms. The molecule has 4 aliphatic carbocycles. The fourth-order valence-corrected chi connectivity index (χ4v) is 11.3. The van der Waals surface area contributed by atoms with E-state index in [1.54, 1.807) is 17.1 Å². The molecule has 3 amide bonds. The Morgan fingerprint density at radius 3 is 2.58 bits per heavy atom. The second-order valence-electron chi connectivity index (χ2n) is 17.3. The van der Waals surface area contributed by atoms with E-state index in [1.165, 1.54) is 0 Å². The molecule has 2 aromatic carbocycles. The number of aliphatic hydroxyl groups excluding tert-OH is 1. The van der Waals surface area contributed by atoms with E-state index in [-0.39, 0.29) is 68.0 Å². The Labute approximate surface area is 345 Å². The number of allylic oxidation sites excluding steroid dienone is 4. The van der Waals surface area contributed by atoms with Gasteiger partial charge in [-0.3, -0.25) is 24.0 Å². The number of anilines is 1. The van der Waals surface area contributed by atoms with Gasteiger partial charge in [-0.05, 0) is 79.9 Å². The van der Waals surface area contributed by atoms with E-state index in [2.05, 4.69) is 36.3 Å². The van der Waals surface area contributed by atoms with Crippen LogP contribution in [0.15, 0.2) is 72.3 Å². The molecule has 1 saturated heterocycles. The number of benzene rings is 2. The lowest BCUT2D eigenvalue weighted by atomic mass is 9.46. The zero-order valence-corrected chi connectivity index (χ0v) is 34.0. The van der Waals surface area contributed by atoms with Crippen LogP contribution in [0, 0.1) is 40.4 Å². The number of ketones is 2. The first-order chi connectivity index (χ1) is 28.4. The smallest absolute Gasteiger partial charge is 0.241 e. The number of carbonyl (C=O) groups is 5. The van der Waals surface area contributed by atoms with Crippen molar-refractivity contribution in [1.29, 1.82) is 0 Å². The molecule has 6 aliphatic rings. The average Bonchev–Trinajstić information content (AvgIpc) is 3.70. The number of fused-ring (bicyclic) bond motifs is 9. The van der Waals surface area contributed by atoms with Gasteiger partial charge in [0.25, 0.3) is 0 Å². The van der Waals surface area contributed by atoms with E-state index >= 15 is 0 Å². The highest BCUT2D eigenvalue weighted by Crippen LogP contribution is 2.69. The molecule has 0 spiro atoms. The van der Waals surface area contributed by atoms with E-state index in [1.807, 2.05) is 61.5 Å². The van der Waals surface area contributed by atoms with Crippen LogP contribution in [0.1, 0.15) is 88.8 Å². The van der Waals surface area contributed by atoms with Crippen LogP contribution >= 0.6 is 0 Å². The zero-order valence-electron chi connectivity index (χ0n) is 34.0. The maximum absolute atomic E-state index is 14.4. The van der Waals surface area contributed by atoms with Gasteiger partial charge in [-0.25, -0.2) is 0 Å². The standard InChI is InChI=1S/C47H53N3O9/c1-4-9-43-58-39-23-35-34-17-16-32-22-33(51)20-21-45(32,2)44(34)37(52)24-46(35,3)47(39,59-43)38(53)27-57-28-49-41(55)25-48-40(54)18-19-42(56)50-26-31-12-6-5-10-29(31)14-15-30-11-7-8-13-36(30)50/h5-8,10-13,20-22,34-35,37,39,43-44,52H,4,9,16-19,23-28H2,1-3H3,(H,48,54)(H,49,55)/t34-,35-,37-,39+,43?,44+,45-,46-,47+/m0/s1. The molecule has 2 heterocycles. The first-order valence-corrected chi connectivity index (χ1v) is 21.0. The second-order valence-corrected chi connectivity index (χ2v) is 17.3. The van der Waals surface area contributed by atoms with Crippen LogP contribution in [-0.4, -0.2) is 78.4 Å². The third-order valence-electron chi connectivity index (χ3n) is 14.0. The molecule has 0 radical (unpaired) electrons. The predicted molar refractivity (Wildman–Crippen MR) is 217 cm³/mol. The number of nitrogens with one attached hydrogen (secondary N) is 2. The fraction of sp³-hybridized carbons (Fsp3) is 0.511. The van der Waals surface area contributed by atoms with Crippen LogP contribution in [0.3, 0.4) is 0 Å². The zero-order chi connectivity index (χ0) is 41.5. The van der Waals surface area contributed by atoms with Gasteiger partial charge in [-0.1, -0.05) is 81.0 Å². The van der Waals surface area contributed by atoms with Gasteiger partial charge in [-0.15, -0.1) is 0 Å². The molecule has 12 nitrogen and oxygen atoms in total. The molecular weight excluding hydrogens is 751 g/mol. The second kappa shape index (κ2) is 16.3. The Balaban J connectivity index is 0.847. The summed E-state index contributed by atoms with van der Waals surface area (Å²) in [4.78, 5) is 67.4. The number of hydrogen-bond acceptors (Lipinski definition) is 9. The highest BCUT2D eigenvalue weighted by Gasteiger charge is 2.75. The Hall–Kier alpha value is -4.93. The molecule has 3 saturated carbocycles. The van der Waals surface area contributed by atoms with Crippen molar-refractivity contribution in [3.63, 3.8) is 0 Å². The lowest BCUT2D eigenvalue weighted by Gasteiger charge is -2.59. The number of Topliss-reactive ketones (excluding diaryl/α,β-unsaturated/α-hetero) is 1. The van der Waals surface area contributed by atoms with Gasteiger partial charge in [0.05, 0.1) is 31.0 Å². The van der Waals surface area contributed by atoms with Crippen LogP contribution in [0.4, 0.5) is 5.69 Å². The maximum Gasteiger partial charge on any atom is 0.241 e. The quantitative estimate of drug-likeness (QED) is 0.158. The Bertz CT molecular complexity index is 2170. The summed E-state index contributed by atoms with van der Waals surface area (Å²) in [5, 5.41) is 17.1. The highest BCUT2D eigenvalue weighted by atomic mass is 16.7. The SMILES string of the molecule is CCCC1O[C@@H]2C[C@H]3[C@@H]4CCC5=CC(=O)C=C[C@]5(C)[C@H]4[C@@H](O)C[C@]3(C)[C@]2(C(=O)COCNC(=O)CNC(=O)CCC(=O)N2Cc3ccccc3C#Cc3ccccc32)O1. The van der Waals surface area contributed by atoms with Gasteiger partial charge in [-0.2, -0.15) is 0 Å². The summed E-state index contributed by atoms with van der Waals surface area (Å²) < 4.78 is 18.9. The summed E-state index contributed by atoms with van der Waals surface area (Å²) in [6, 6.07) is 15.1. The Morgan fingerprint density at radius 2 is 1.76 bits per heavy atom. The normalized spacial score (nSPS) is 32.3. The number of hydrogen-bond donors (Lipinski definition) is 3. The first kappa shape index (κ1) is 40.8. The minimum atomic E-state index is -1.33. The summed E-state index contributed by atoms with van der Waals surface area (Å²) >= 11 is 0. The van der Waals surface area contributed by atoms with Gasteiger partial charge in [0.15, 0.2) is 23.5 Å². The summed E-state index contributed by atoms with van der Waals surface area (Å²) in [7, 11) is 0. The number of aliphatic hydroxyl groups is 1. The topological polar surface area (TPSA) is 161 Å². The van der Waals surface area contributed by atoms with E-state index < -0.39 is 46.7 Å². The van der Waals surface area contributed by atoms with Crippen LogP contribution in [0.5, 0.6) is 0 Å². The third kappa shape index (κ3) is 7.26. The van der Waals surface area contributed by atoms with Crippen molar-refractivity contribution in [2.45, 2.75) is 103 Å². The van der Waals surface area contributed by atoms with Crippen LogP contribution < -0.4 is 15.5 Å². The monoisotopic (exact) mass is 803 g/mol. The fourth-order valence-electron chi connectivity index (χ4n) is 11.3. The molecule has 4 fully saturated rings. The van der Waals surface area contributed by atoms with E-state index in [4.69, 9.17) is 14.2 Å². The highest BCUT2D eigenvalue weighted by molar-refractivity contribution is 6.01. The van der Waals surface area contributed by atoms with E-state index in [0.717, 1.165) is 41.5 Å². The molecule has 310 valence electrons. The minimum absolute atomic E-state index is 0.0199. The molecule has 59 heavy (non-hydrogen) atoms. The van der Waals surface area contributed by atoms with Gasteiger partial charge < -0.3 is 34.9 Å². The van der Waals surface area contributed by atoms with Gasteiger partial charge in [0, 0.05) is 40.7 Å². The average molecular weight is 804 g/mol. The number of amides is 3. The molecule has 12 heteroatoms. The molecule has 9 atom stereocenters. The predicted octanol–water partition coefficient (Wildman–Crippen LogP) is 4.66. The largest absolute Gasteiger partial charge is 0.393 e. The lowest BCUT2D eigenvalue weighted by molar-refractivity contribution is -0.201. The van der Waals surface area contributed by atoms with Crippen LogP contribution in [-0.2, 0) is 44.7 Å². The van der Waals surface area contributed by atoms with Crippen LogP contribution in [0.2, 0.25) is 0 Å². The number of rotatable bonds is 12. The molecule has 8 rings (SSSR count). The Morgan fingerprint density at radius 1 is 1.00 bits per heavy atom. The number of para-hydroxylation sites is 1. The van der Waals surface area contributed by atoms with Crippen LogP contribution in [0.25, 0.3) is 0 Å². The Kier molecular flexibility index (Phi) is 11.3. The number of ether oxygens (including phenoxy) is 3. The van der Waals surface area contributed by atoms with Gasteiger partial charge >= 0.3 is 0 Å². The number of nitrogens with zero attached hydrogens (tertiary/aromatic N) is 1. The molecule has 1 unspecified atom stereocenters. The molecular formula is C47H53N3O9. The summed E-state index contributed by atoms with van der Waals surface area (Å²) in [6.45, 7) is 5.57. The third-order valence-corrected chi connectivity index (χ3v) is 14.0. The van der Waals surface area contributed by atoms with Gasteiger partial charge in [0.1, 0.15) is 13.3 Å². The minimum Gasteiger partial charge on any atom is -0.393 e. The van der Waals surface area contributed by atoms with Crippen molar-refractivity contribution in [1.82, 2.24) is 10.6 Å².